The second-order valence-electron chi connectivity index (χ2n) is 5.38. The molecule has 1 amide bonds. The van der Waals surface area contributed by atoms with Gasteiger partial charge in [0.15, 0.2) is 0 Å². The smallest absolute Gasteiger partial charge is 0.254 e. The summed E-state index contributed by atoms with van der Waals surface area (Å²) < 4.78 is 6.29. The van der Waals surface area contributed by atoms with Crippen molar-refractivity contribution in [2.45, 2.75) is 25.0 Å². The van der Waals surface area contributed by atoms with E-state index in [1.54, 1.807) is 18.3 Å². The number of carbonyl (C=O) groups excluding carboxylic acids is 1. The van der Waals surface area contributed by atoms with Crippen molar-refractivity contribution in [2.75, 3.05) is 6.61 Å². The van der Waals surface area contributed by atoms with Gasteiger partial charge in [-0.15, -0.1) is 0 Å². The van der Waals surface area contributed by atoms with Crippen LogP contribution in [0.5, 0.6) is 0 Å². The molecule has 4 nitrogen and oxygen atoms in total. The number of amides is 1. The van der Waals surface area contributed by atoms with Gasteiger partial charge in [0.1, 0.15) is 4.64 Å². The monoisotopic (exact) mass is 314 g/mol. The summed E-state index contributed by atoms with van der Waals surface area (Å²) in [4.78, 5) is 15.2. The maximum absolute atomic E-state index is 12.3. The Balaban J connectivity index is 1.67. The van der Waals surface area contributed by atoms with Crippen molar-refractivity contribution in [3.8, 4) is 0 Å². The first-order valence-electron chi connectivity index (χ1n) is 7.39. The Bertz CT molecular complexity index is 699. The molecule has 5 heteroatoms. The lowest BCUT2D eigenvalue weighted by atomic mass is 9.97. The average Bonchev–Trinajstić information content (AvgIpc) is 2.56. The zero-order valence-electron chi connectivity index (χ0n) is 12.1. The van der Waals surface area contributed by atoms with Crippen LogP contribution in [0.1, 0.15) is 34.9 Å². The lowest BCUT2D eigenvalue weighted by Gasteiger charge is -2.30. The first-order valence-corrected chi connectivity index (χ1v) is 7.80. The highest BCUT2D eigenvalue weighted by atomic mass is 32.1. The second kappa shape index (κ2) is 6.85. The molecule has 2 N–H and O–H groups in total. The van der Waals surface area contributed by atoms with Crippen LogP contribution < -0.4 is 5.32 Å². The molecule has 2 atom stereocenters. The van der Waals surface area contributed by atoms with Gasteiger partial charge >= 0.3 is 0 Å². The molecule has 0 spiro atoms. The maximum Gasteiger partial charge on any atom is 0.254 e. The van der Waals surface area contributed by atoms with E-state index in [9.17, 15) is 4.79 Å². The van der Waals surface area contributed by atoms with E-state index in [0.29, 0.717) is 16.8 Å². The van der Waals surface area contributed by atoms with Crippen molar-refractivity contribution in [2.24, 2.45) is 0 Å². The van der Waals surface area contributed by atoms with Crippen LogP contribution in [0.2, 0.25) is 0 Å². The zero-order chi connectivity index (χ0) is 15.4. The van der Waals surface area contributed by atoms with E-state index in [-0.39, 0.29) is 18.1 Å². The minimum atomic E-state index is -0.124. The summed E-state index contributed by atoms with van der Waals surface area (Å²) in [5.41, 5.74) is 1.67. The van der Waals surface area contributed by atoms with E-state index in [0.717, 1.165) is 18.4 Å². The predicted molar refractivity (Wildman–Crippen MR) is 87.2 cm³/mol. The van der Waals surface area contributed by atoms with Gasteiger partial charge in [0.05, 0.1) is 11.7 Å². The molecule has 1 aliphatic heterocycles. The van der Waals surface area contributed by atoms with Gasteiger partial charge < -0.3 is 15.0 Å². The van der Waals surface area contributed by atoms with Crippen molar-refractivity contribution in [1.29, 1.82) is 0 Å². The lowest BCUT2D eigenvalue weighted by Crippen LogP contribution is -2.40. The van der Waals surface area contributed by atoms with Crippen LogP contribution in [-0.4, -0.2) is 23.5 Å². The van der Waals surface area contributed by atoms with Crippen LogP contribution in [0.15, 0.2) is 48.7 Å². The molecule has 2 heterocycles. The highest BCUT2D eigenvalue weighted by molar-refractivity contribution is 7.71. The molecule has 0 saturated carbocycles. The summed E-state index contributed by atoms with van der Waals surface area (Å²) in [5, 5.41) is 3.07. The number of hydrogen-bond acceptors (Lipinski definition) is 3. The van der Waals surface area contributed by atoms with E-state index in [1.165, 1.54) is 0 Å². The predicted octanol–water partition coefficient (Wildman–Crippen LogP) is 3.39. The minimum Gasteiger partial charge on any atom is -0.373 e. The summed E-state index contributed by atoms with van der Waals surface area (Å²) in [5.74, 6) is -0.124. The minimum absolute atomic E-state index is 0.0329. The molecule has 1 saturated heterocycles. The van der Waals surface area contributed by atoms with Gasteiger partial charge in [0.25, 0.3) is 5.91 Å². The SMILES string of the molecule is O=C(N[C@@H]1CCO[C@@H](c2ccccc2)C1)c1ccc[nH]c1=S. The van der Waals surface area contributed by atoms with Gasteiger partial charge in [-0.3, -0.25) is 4.79 Å². The molecule has 114 valence electrons. The number of benzene rings is 1. The van der Waals surface area contributed by atoms with Gasteiger partial charge in [0.2, 0.25) is 0 Å². The molecule has 0 radical (unpaired) electrons. The average molecular weight is 314 g/mol. The Hall–Kier alpha value is -1.98. The number of H-pyrrole nitrogens is 1. The molecule has 0 bridgehead atoms. The first-order chi connectivity index (χ1) is 10.7. The summed E-state index contributed by atoms with van der Waals surface area (Å²) in [6.45, 7) is 0.645. The Morgan fingerprint density at radius 2 is 2.05 bits per heavy atom. The normalized spacial score (nSPS) is 21.3. The zero-order valence-corrected chi connectivity index (χ0v) is 12.9. The molecular weight excluding hydrogens is 296 g/mol. The van der Waals surface area contributed by atoms with Crippen molar-refractivity contribution < 1.29 is 9.53 Å². The molecule has 2 aromatic rings. The van der Waals surface area contributed by atoms with Gasteiger partial charge in [-0.1, -0.05) is 42.5 Å². The Labute approximate surface area is 134 Å². The molecule has 0 unspecified atom stereocenters. The van der Waals surface area contributed by atoms with Crippen molar-refractivity contribution in [3.63, 3.8) is 0 Å². The largest absolute Gasteiger partial charge is 0.373 e. The Kier molecular flexibility index (Phi) is 4.65. The summed E-state index contributed by atoms with van der Waals surface area (Å²) in [6, 6.07) is 13.7. The van der Waals surface area contributed by atoms with Gasteiger partial charge in [-0.25, -0.2) is 0 Å². The number of aromatic nitrogens is 1. The fraction of sp³-hybridized carbons (Fsp3) is 0.294. The quantitative estimate of drug-likeness (QED) is 0.854. The number of aromatic amines is 1. The molecule has 1 aromatic carbocycles. The molecule has 0 aliphatic carbocycles. The topological polar surface area (TPSA) is 54.1 Å². The van der Waals surface area contributed by atoms with Gasteiger partial charge in [0, 0.05) is 18.8 Å². The van der Waals surface area contributed by atoms with E-state index in [2.05, 4.69) is 22.4 Å². The van der Waals surface area contributed by atoms with Crippen molar-refractivity contribution in [1.82, 2.24) is 10.3 Å². The van der Waals surface area contributed by atoms with Crippen LogP contribution >= 0.6 is 12.2 Å². The third kappa shape index (κ3) is 3.43. The Morgan fingerprint density at radius 1 is 1.23 bits per heavy atom. The summed E-state index contributed by atoms with van der Waals surface area (Å²) in [7, 11) is 0. The molecule has 22 heavy (non-hydrogen) atoms. The molecule has 1 aliphatic rings. The van der Waals surface area contributed by atoms with E-state index >= 15 is 0 Å². The number of ether oxygens (including phenoxy) is 1. The van der Waals surface area contributed by atoms with Gasteiger partial charge in [-0.05, 0) is 30.5 Å². The van der Waals surface area contributed by atoms with Gasteiger partial charge in [-0.2, -0.15) is 0 Å². The number of pyridine rings is 1. The van der Waals surface area contributed by atoms with Crippen LogP contribution in [0.3, 0.4) is 0 Å². The third-order valence-electron chi connectivity index (χ3n) is 3.85. The molecule has 1 fully saturated rings. The van der Waals surface area contributed by atoms with Crippen LogP contribution in [0.4, 0.5) is 0 Å². The fourth-order valence-corrected chi connectivity index (χ4v) is 2.92. The van der Waals surface area contributed by atoms with E-state index in [1.807, 2.05) is 18.2 Å². The van der Waals surface area contributed by atoms with Crippen molar-refractivity contribution in [3.05, 3.63) is 64.4 Å². The maximum atomic E-state index is 12.3. The van der Waals surface area contributed by atoms with E-state index in [4.69, 9.17) is 17.0 Å². The second-order valence-corrected chi connectivity index (χ2v) is 5.79. The fourth-order valence-electron chi connectivity index (χ4n) is 2.69. The Morgan fingerprint density at radius 3 is 2.82 bits per heavy atom. The first kappa shape index (κ1) is 14.9. The highest BCUT2D eigenvalue weighted by Gasteiger charge is 2.25. The summed E-state index contributed by atoms with van der Waals surface area (Å²) in [6.07, 6.45) is 3.35. The number of hydrogen-bond donors (Lipinski definition) is 2. The number of rotatable bonds is 3. The molecule has 1 aromatic heterocycles. The third-order valence-corrected chi connectivity index (χ3v) is 4.19. The van der Waals surface area contributed by atoms with Crippen molar-refractivity contribution >= 4 is 18.1 Å². The summed E-state index contributed by atoms with van der Waals surface area (Å²) >= 11 is 5.15. The number of carbonyl (C=O) groups is 1. The highest BCUT2D eigenvalue weighted by Crippen LogP contribution is 2.28. The van der Waals surface area contributed by atoms with Crippen LogP contribution in [0, 0.1) is 4.64 Å². The standard InChI is InChI=1S/C17H18N2O2S/c20-16(14-7-4-9-18-17(14)22)19-13-8-10-21-15(11-13)12-5-2-1-3-6-12/h1-7,9,13,15H,8,10-11H2,(H,18,22)(H,19,20)/t13-,15-/m1/s1. The van der Waals surface area contributed by atoms with Crippen LogP contribution in [0.25, 0.3) is 0 Å². The van der Waals surface area contributed by atoms with Crippen LogP contribution in [-0.2, 0) is 4.74 Å². The molecule has 3 rings (SSSR count). The number of nitrogens with one attached hydrogen (secondary N) is 2. The lowest BCUT2D eigenvalue weighted by molar-refractivity contribution is 0.000900. The van der Waals surface area contributed by atoms with E-state index < -0.39 is 0 Å². The molecular formula is C17H18N2O2S.